The topological polar surface area (TPSA) is 292 Å². The van der Waals surface area contributed by atoms with Crippen LogP contribution in [0.1, 0.15) is 11.1 Å². The van der Waals surface area contributed by atoms with Crippen molar-refractivity contribution in [1.82, 2.24) is 24.9 Å². The molecule has 0 bridgehead atoms. The lowest BCUT2D eigenvalue weighted by molar-refractivity contribution is -0.438. The van der Waals surface area contributed by atoms with Gasteiger partial charge in [0.05, 0.1) is 16.6 Å². The number of rotatable bonds is 8. The Balaban J connectivity index is 0.000000156. The normalized spacial score (nSPS) is 11.7. The van der Waals surface area contributed by atoms with Gasteiger partial charge in [-0.1, -0.05) is 78.9 Å². The third-order valence-electron chi connectivity index (χ3n) is 9.09. The van der Waals surface area contributed by atoms with E-state index in [9.17, 15) is 38.9 Å². The summed E-state index contributed by atoms with van der Waals surface area (Å²) in [5.41, 5.74) is 5.98. The van der Waals surface area contributed by atoms with Crippen LogP contribution < -0.4 is 9.87 Å². The molecule has 7 N–H and O–H groups in total. The minimum Gasteiger partial charge on any atom is -0.744 e. The molecule has 0 fully saturated rings. The van der Waals surface area contributed by atoms with E-state index in [2.05, 4.69) is 39.8 Å². The number of benzene rings is 6. The molecular formula is C41H36N6O12S4. The molecule has 3 heterocycles. The van der Waals surface area contributed by atoms with E-state index in [0.29, 0.717) is 45.1 Å². The van der Waals surface area contributed by atoms with Gasteiger partial charge >= 0.3 is 0 Å². The van der Waals surface area contributed by atoms with Gasteiger partial charge in [0.15, 0.2) is 16.8 Å². The Kier molecular flexibility index (Phi) is 13.5. The summed E-state index contributed by atoms with van der Waals surface area (Å²) in [7, 11) is -13.4. The molecule has 9 aromatic rings. The van der Waals surface area contributed by atoms with Gasteiger partial charge < -0.3 is 19.4 Å². The SMILES string of the molecule is Cc1cc(S(=O)(=O)O)c2nc(-c3ccccc3)[nH]c2c1.Cc1cc(S(=O)(=O)[O-])c2[nH+]c(-c3ccccc3)[nH]c2c1.O=S(=O)(O)c1cc(OOO)cc2[nH]c(-c3ccccc3)nc12.S. The number of hydrogen-bond acceptors (Lipinski definition) is 12. The zero-order chi connectivity index (χ0) is 44.4. The van der Waals surface area contributed by atoms with Crippen LogP contribution >= 0.6 is 13.5 Å². The van der Waals surface area contributed by atoms with Gasteiger partial charge in [0, 0.05) is 23.3 Å². The fraction of sp³-hybridized carbons (Fsp3) is 0.0488. The quantitative estimate of drug-likeness (QED) is 0.0507. The highest BCUT2D eigenvalue weighted by atomic mass is 32.2. The molecular weight excluding hydrogens is 897 g/mol. The van der Waals surface area contributed by atoms with Crippen molar-refractivity contribution in [2.45, 2.75) is 28.5 Å². The number of aromatic nitrogens is 6. The molecule has 6 aromatic carbocycles. The number of fused-ring (bicyclic) bond motifs is 3. The lowest BCUT2D eigenvalue weighted by Gasteiger charge is -2.06. The van der Waals surface area contributed by atoms with Crippen LogP contribution in [0.3, 0.4) is 0 Å². The van der Waals surface area contributed by atoms with Crippen LogP contribution in [0.2, 0.25) is 0 Å². The first kappa shape index (κ1) is 46.0. The fourth-order valence-corrected chi connectivity index (χ4v) is 8.59. The molecule has 0 spiro atoms. The van der Waals surface area contributed by atoms with E-state index in [0.717, 1.165) is 28.3 Å². The minimum absolute atomic E-state index is 0. The van der Waals surface area contributed by atoms with Crippen LogP contribution in [-0.4, -0.2) is 69.1 Å². The Morgan fingerprint density at radius 3 is 1.46 bits per heavy atom. The molecule has 0 saturated heterocycles. The number of aryl methyl sites for hydroxylation is 2. The molecule has 0 saturated carbocycles. The van der Waals surface area contributed by atoms with E-state index in [1.807, 2.05) is 66.7 Å². The molecule has 0 aliphatic carbocycles. The second-order valence-corrected chi connectivity index (χ2v) is 17.7. The molecule has 0 aliphatic rings. The van der Waals surface area contributed by atoms with Gasteiger partial charge in [-0.3, -0.25) is 9.11 Å². The predicted octanol–water partition coefficient (Wildman–Crippen LogP) is 7.02. The Bertz CT molecular complexity index is 3270. The summed E-state index contributed by atoms with van der Waals surface area (Å²) in [6.45, 7) is 3.51. The van der Waals surface area contributed by atoms with Crippen LogP contribution in [0.25, 0.3) is 67.3 Å². The van der Waals surface area contributed by atoms with E-state index in [-0.39, 0.29) is 40.1 Å². The third kappa shape index (κ3) is 10.6. The van der Waals surface area contributed by atoms with E-state index >= 15 is 0 Å². The summed E-state index contributed by atoms with van der Waals surface area (Å²) in [6, 6.07) is 36.6. The van der Waals surface area contributed by atoms with Crippen LogP contribution in [0.4, 0.5) is 0 Å². The molecule has 0 amide bonds. The molecule has 3 aromatic heterocycles. The van der Waals surface area contributed by atoms with Crippen LogP contribution in [-0.2, 0) is 35.4 Å². The van der Waals surface area contributed by atoms with Crippen molar-refractivity contribution in [2.24, 2.45) is 0 Å². The van der Waals surface area contributed by atoms with Crippen molar-refractivity contribution in [2.75, 3.05) is 0 Å². The molecule has 326 valence electrons. The molecule has 18 nitrogen and oxygen atoms in total. The van der Waals surface area contributed by atoms with E-state index in [4.69, 9.17) is 5.26 Å². The Morgan fingerprint density at radius 1 is 0.571 bits per heavy atom. The maximum atomic E-state index is 11.5. The number of H-pyrrole nitrogens is 4. The lowest BCUT2D eigenvalue weighted by atomic mass is 10.2. The first-order valence-electron chi connectivity index (χ1n) is 18.0. The minimum atomic E-state index is -4.54. The van der Waals surface area contributed by atoms with E-state index in [1.54, 1.807) is 50.2 Å². The van der Waals surface area contributed by atoms with Gasteiger partial charge in [-0.2, -0.15) is 30.3 Å². The Morgan fingerprint density at radius 2 is 1.00 bits per heavy atom. The van der Waals surface area contributed by atoms with Crippen molar-refractivity contribution < 1.29 is 59.1 Å². The standard InChI is InChI=1S/2C14H12N2O3S.C13H10N2O6S.H2S/c2*1-9-7-11-13(12(8-9)20(17,18)19)16-14(15-11)10-5-3-2-4-6-10;16-21-20-9-6-10-12(11(7-9)22(17,18)19)15-13(14-10)8-4-2-1-3-5-8;/h2*2-8H,1H3,(H,15,16)(H,17,18,19);1-7,16H,(H,14,15)(H,17,18,19);1H2. The first-order chi connectivity index (χ1) is 29.4. The van der Waals surface area contributed by atoms with E-state index in [1.165, 1.54) is 18.2 Å². The summed E-state index contributed by atoms with van der Waals surface area (Å²) >= 11 is 0. The van der Waals surface area contributed by atoms with Gasteiger partial charge in [-0.25, -0.2) is 33.6 Å². The highest BCUT2D eigenvalue weighted by molar-refractivity contribution is 7.86. The third-order valence-corrected chi connectivity index (χ3v) is 11.7. The molecule has 9 rings (SSSR count). The molecule has 0 aliphatic heterocycles. The van der Waals surface area contributed by atoms with Gasteiger partial charge in [-0.05, 0) is 66.4 Å². The molecule has 0 unspecified atom stereocenters. The van der Waals surface area contributed by atoms with Gasteiger partial charge in [0.25, 0.3) is 26.1 Å². The highest BCUT2D eigenvalue weighted by Gasteiger charge is 2.22. The fourth-order valence-electron chi connectivity index (χ4n) is 6.45. The molecule has 22 heteroatoms. The second kappa shape index (κ2) is 18.5. The van der Waals surface area contributed by atoms with Crippen molar-refractivity contribution in [3.05, 3.63) is 139 Å². The summed E-state index contributed by atoms with van der Waals surface area (Å²) in [6.07, 6.45) is 0. The maximum Gasteiger partial charge on any atom is 0.296 e. The summed E-state index contributed by atoms with van der Waals surface area (Å²) in [4.78, 5) is 24.1. The van der Waals surface area contributed by atoms with E-state index < -0.39 is 35.2 Å². The summed E-state index contributed by atoms with van der Waals surface area (Å²) in [5.74, 6) is 1.53. The largest absolute Gasteiger partial charge is 0.744 e. The maximum absolute atomic E-state index is 11.5. The second-order valence-electron chi connectivity index (χ2n) is 13.6. The van der Waals surface area contributed by atoms with Crippen molar-refractivity contribution in [3.8, 4) is 39.9 Å². The lowest BCUT2D eigenvalue weighted by Crippen LogP contribution is -2.08. The monoisotopic (exact) mass is 932 g/mol. The first-order valence-corrected chi connectivity index (χ1v) is 22.3. The molecule has 63 heavy (non-hydrogen) atoms. The Hall–Kier alpha value is -6.47. The number of nitrogens with one attached hydrogen (secondary N) is 4. The van der Waals surface area contributed by atoms with Crippen LogP contribution in [0.15, 0.2) is 142 Å². The number of imidazole rings is 3. The summed E-state index contributed by atoms with van der Waals surface area (Å²) < 4.78 is 98.6. The summed E-state index contributed by atoms with van der Waals surface area (Å²) in [5, 5.41) is 11.8. The van der Waals surface area contributed by atoms with Crippen molar-refractivity contribution in [1.29, 1.82) is 0 Å². The van der Waals surface area contributed by atoms with Gasteiger partial charge in [0.2, 0.25) is 0 Å². The zero-order valence-electron chi connectivity index (χ0n) is 32.8. The molecule has 0 atom stereocenters. The average Bonchev–Trinajstić information content (AvgIpc) is 3.98. The van der Waals surface area contributed by atoms with Crippen molar-refractivity contribution in [3.63, 3.8) is 0 Å². The Labute approximate surface area is 366 Å². The van der Waals surface area contributed by atoms with Gasteiger partial charge in [-0.15, -0.1) is 0 Å². The van der Waals surface area contributed by atoms with Crippen molar-refractivity contribution >= 4 is 77.0 Å². The van der Waals surface area contributed by atoms with Crippen LogP contribution in [0.5, 0.6) is 5.75 Å². The zero-order valence-corrected chi connectivity index (χ0v) is 36.2. The van der Waals surface area contributed by atoms with Gasteiger partial charge in [0.1, 0.15) is 47.5 Å². The average molecular weight is 933 g/mol. The predicted molar refractivity (Wildman–Crippen MR) is 235 cm³/mol. The van der Waals surface area contributed by atoms with Crippen LogP contribution in [0, 0.1) is 13.8 Å². The number of hydrogen-bond donors (Lipinski definition) is 6. The number of nitrogens with zero attached hydrogens (tertiary/aromatic N) is 2. The number of aromatic amines is 4. The highest BCUT2D eigenvalue weighted by Crippen LogP contribution is 2.31. The molecule has 0 radical (unpaired) electrons. The smallest absolute Gasteiger partial charge is 0.296 e.